The van der Waals surface area contributed by atoms with Gasteiger partial charge >= 0.3 is 6.03 Å². The van der Waals surface area contributed by atoms with Crippen LogP contribution in [0.3, 0.4) is 0 Å². The van der Waals surface area contributed by atoms with Crippen molar-refractivity contribution in [3.05, 3.63) is 96.2 Å². The first-order valence-electron chi connectivity index (χ1n) is 18.4. The lowest BCUT2D eigenvalue weighted by atomic mass is 9.86. The zero-order chi connectivity index (χ0) is 40.8. The number of nitrogens with zero attached hydrogens (tertiary/aromatic N) is 1. The SMILES string of the molecule is COc1cc(Nc2cc(Oc3ccc(NC(=O)Nc4cc(C(C)(C)C)cc(OCCO[Si](C)(C)C(C)(C)C)c4OC)c4ccccc34)ccn2)cc(C(N)=O)c1. The minimum absolute atomic E-state index is 0.0844. The number of amides is 3. The van der Waals surface area contributed by atoms with Crippen molar-refractivity contribution in [2.45, 2.75) is 65.1 Å². The van der Waals surface area contributed by atoms with Crippen LogP contribution in [0.15, 0.2) is 85.1 Å². The average molecular weight is 780 g/mol. The number of rotatable bonds is 14. The summed E-state index contributed by atoms with van der Waals surface area (Å²) in [5.41, 5.74) is 8.15. The molecule has 0 saturated heterocycles. The monoisotopic (exact) mass is 779 g/mol. The summed E-state index contributed by atoms with van der Waals surface area (Å²) in [6.45, 7) is 18.1. The molecule has 0 atom stereocenters. The molecule has 296 valence electrons. The zero-order valence-corrected chi connectivity index (χ0v) is 34.9. The van der Waals surface area contributed by atoms with Gasteiger partial charge in [0.2, 0.25) is 5.91 Å². The van der Waals surface area contributed by atoms with Crippen molar-refractivity contribution in [3.8, 4) is 28.7 Å². The lowest BCUT2D eigenvalue weighted by molar-refractivity contribution is 0.1000. The number of hydrogen-bond acceptors (Lipinski definition) is 9. The molecule has 5 aromatic rings. The van der Waals surface area contributed by atoms with Crippen LogP contribution in [-0.4, -0.2) is 52.7 Å². The van der Waals surface area contributed by atoms with Gasteiger partial charge in [-0.1, -0.05) is 65.8 Å². The largest absolute Gasteiger partial charge is 0.497 e. The lowest BCUT2D eigenvalue weighted by Gasteiger charge is -2.36. The highest BCUT2D eigenvalue weighted by Crippen LogP contribution is 2.41. The van der Waals surface area contributed by atoms with E-state index in [0.717, 1.165) is 16.3 Å². The van der Waals surface area contributed by atoms with Crippen molar-refractivity contribution in [1.29, 1.82) is 0 Å². The maximum atomic E-state index is 13.7. The Morgan fingerprint density at radius 2 is 1.48 bits per heavy atom. The highest BCUT2D eigenvalue weighted by atomic mass is 28.4. The Morgan fingerprint density at radius 3 is 2.14 bits per heavy atom. The number of nitrogens with one attached hydrogen (secondary N) is 3. The Bertz CT molecular complexity index is 2210. The van der Waals surface area contributed by atoms with Gasteiger partial charge in [0.15, 0.2) is 19.8 Å². The maximum Gasteiger partial charge on any atom is 0.323 e. The summed E-state index contributed by atoms with van der Waals surface area (Å²) in [4.78, 5) is 29.9. The van der Waals surface area contributed by atoms with Gasteiger partial charge in [0.1, 0.15) is 29.7 Å². The van der Waals surface area contributed by atoms with Crippen molar-refractivity contribution in [2.75, 3.05) is 43.4 Å². The number of carbonyl (C=O) groups is 2. The highest BCUT2D eigenvalue weighted by molar-refractivity contribution is 6.74. The van der Waals surface area contributed by atoms with Gasteiger partial charge in [-0.05, 0) is 71.6 Å². The van der Waals surface area contributed by atoms with Crippen LogP contribution in [0.1, 0.15) is 57.5 Å². The van der Waals surface area contributed by atoms with Gasteiger partial charge in [0, 0.05) is 40.4 Å². The second kappa shape index (κ2) is 16.9. The summed E-state index contributed by atoms with van der Waals surface area (Å²) in [5.74, 6) is 2.39. The number of pyridine rings is 1. The smallest absolute Gasteiger partial charge is 0.323 e. The Morgan fingerprint density at radius 1 is 0.768 bits per heavy atom. The normalized spacial score (nSPS) is 11.8. The Balaban J connectivity index is 1.34. The number of carbonyl (C=O) groups excluding carboxylic acids is 2. The summed E-state index contributed by atoms with van der Waals surface area (Å²) in [5, 5.41) is 10.8. The summed E-state index contributed by atoms with van der Waals surface area (Å²) >= 11 is 0. The molecule has 4 aromatic carbocycles. The number of ether oxygens (including phenoxy) is 4. The van der Waals surface area contributed by atoms with Crippen molar-refractivity contribution in [2.24, 2.45) is 5.73 Å². The molecule has 0 fully saturated rings. The van der Waals surface area contributed by atoms with Crippen LogP contribution < -0.4 is 40.6 Å². The number of fused-ring (bicyclic) bond motifs is 1. The molecule has 5 N–H and O–H groups in total. The molecule has 0 aliphatic rings. The van der Waals surface area contributed by atoms with E-state index < -0.39 is 20.3 Å². The number of aromatic nitrogens is 1. The third-order valence-corrected chi connectivity index (χ3v) is 14.3. The fourth-order valence-corrected chi connectivity index (χ4v) is 6.63. The van der Waals surface area contributed by atoms with Gasteiger partial charge in [0.25, 0.3) is 0 Å². The Hall–Kier alpha value is -5.79. The Kier molecular flexibility index (Phi) is 12.5. The molecular formula is C43H53N5O7Si. The first-order chi connectivity index (χ1) is 26.4. The molecule has 0 aliphatic carbocycles. The molecule has 0 bridgehead atoms. The van der Waals surface area contributed by atoms with Gasteiger partial charge in [-0.15, -0.1) is 0 Å². The molecule has 56 heavy (non-hydrogen) atoms. The van der Waals surface area contributed by atoms with E-state index in [1.165, 1.54) is 7.11 Å². The van der Waals surface area contributed by atoms with Crippen LogP contribution in [0.4, 0.5) is 27.7 Å². The molecule has 0 unspecified atom stereocenters. The topological polar surface area (TPSA) is 155 Å². The second-order valence-electron chi connectivity index (χ2n) is 15.9. The van der Waals surface area contributed by atoms with Crippen LogP contribution in [0.2, 0.25) is 18.1 Å². The first kappa shape index (κ1) is 41.4. The van der Waals surface area contributed by atoms with E-state index in [1.807, 2.05) is 36.4 Å². The number of anilines is 4. The molecule has 13 heteroatoms. The highest BCUT2D eigenvalue weighted by Gasteiger charge is 2.37. The molecule has 0 saturated carbocycles. The predicted molar refractivity (Wildman–Crippen MR) is 226 cm³/mol. The fourth-order valence-electron chi connectivity index (χ4n) is 5.61. The molecule has 5 rings (SSSR count). The van der Waals surface area contributed by atoms with E-state index in [0.29, 0.717) is 70.4 Å². The summed E-state index contributed by atoms with van der Waals surface area (Å²) in [6.07, 6.45) is 1.61. The minimum atomic E-state index is -1.95. The average Bonchev–Trinajstić information content (AvgIpc) is 3.13. The molecular weight excluding hydrogens is 727 g/mol. The maximum absolute atomic E-state index is 13.7. The summed E-state index contributed by atoms with van der Waals surface area (Å²) in [7, 11) is 1.12. The third kappa shape index (κ3) is 10.1. The number of methoxy groups -OCH3 is 2. The molecule has 12 nitrogen and oxygen atoms in total. The fraction of sp³-hybridized carbons (Fsp3) is 0.326. The van der Waals surface area contributed by atoms with Gasteiger partial charge in [-0.25, -0.2) is 9.78 Å². The zero-order valence-electron chi connectivity index (χ0n) is 33.9. The van der Waals surface area contributed by atoms with Gasteiger partial charge in [-0.2, -0.15) is 0 Å². The quantitative estimate of drug-likeness (QED) is 0.0636. The van der Waals surface area contributed by atoms with Gasteiger partial charge < -0.3 is 45.1 Å². The molecule has 3 amide bonds. The predicted octanol–water partition coefficient (Wildman–Crippen LogP) is 10.2. The van der Waals surface area contributed by atoms with Crippen molar-refractivity contribution < 1.29 is 33.0 Å². The van der Waals surface area contributed by atoms with E-state index in [9.17, 15) is 9.59 Å². The van der Waals surface area contributed by atoms with E-state index in [2.05, 4.69) is 75.6 Å². The summed E-state index contributed by atoms with van der Waals surface area (Å²) in [6, 6.07) is 23.0. The summed E-state index contributed by atoms with van der Waals surface area (Å²) < 4.78 is 30.1. The van der Waals surface area contributed by atoms with Crippen molar-refractivity contribution in [3.63, 3.8) is 0 Å². The van der Waals surface area contributed by atoms with Crippen LogP contribution in [-0.2, 0) is 9.84 Å². The van der Waals surface area contributed by atoms with Crippen LogP contribution >= 0.6 is 0 Å². The first-order valence-corrected chi connectivity index (χ1v) is 21.3. The molecule has 0 spiro atoms. The second-order valence-corrected chi connectivity index (χ2v) is 20.7. The van der Waals surface area contributed by atoms with Crippen molar-refractivity contribution in [1.82, 2.24) is 4.98 Å². The lowest BCUT2D eigenvalue weighted by Crippen LogP contribution is -2.41. The minimum Gasteiger partial charge on any atom is -0.497 e. The number of hydrogen-bond donors (Lipinski definition) is 4. The van der Waals surface area contributed by atoms with Crippen LogP contribution in [0.25, 0.3) is 10.8 Å². The van der Waals surface area contributed by atoms with Crippen molar-refractivity contribution >= 4 is 53.9 Å². The van der Waals surface area contributed by atoms with Gasteiger partial charge in [-0.3, -0.25) is 4.79 Å². The van der Waals surface area contributed by atoms with E-state index >= 15 is 0 Å². The van der Waals surface area contributed by atoms with E-state index in [1.54, 1.807) is 55.8 Å². The molecule has 0 radical (unpaired) electrons. The molecule has 1 heterocycles. The standard InChI is InChI=1S/C43H53N5O7Si/c1-42(2,3)28-23-35(39(52-8)37(24-28)53-19-20-54-56(9,10)43(4,5)6)48-41(50)47-34-15-16-36(33-14-12-11-13-32(33)34)55-30-17-18-45-38(26-30)46-29-21-27(40(44)49)22-31(25-29)51-7/h11-18,21-26H,19-20H2,1-10H3,(H2,44,49)(H,45,46)(H2,47,48,50). The number of nitrogens with two attached hydrogens (primary N) is 1. The van der Waals surface area contributed by atoms with E-state index in [4.69, 9.17) is 29.1 Å². The van der Waals surface area contributed by atoms with Crippen LogP contribution in [0.5, 0.6) is 28.7 Å². The number of urea groups is 1. The van der Waals surface area contributed by atoms with E-state index in [-0.39, 0.29) is 10.5 Å². The molecule has 1 aromatic heterocycles. The van der Waals surface area contributed by atoms with Gasteiger partial charge in [0.05, 0.1) is 32.2 Å². The van der Waals surface area contributed by atoms with Crippen LogP contribution in [0, 0.1) is 0 Å². The molecule has 0 aliphatic heterocycles. The number of benzene rings is 4. The Labute approximate surface area is 330 Å². The number of primary amides is 1. The third-order valence-electron chi connectivity index (χ3n) is 9.77.